The number of aryl methyl sites for hydroxylation is 1. The van der Waals surface area contributed by atoms with Crippen LogP contribution in [0.5, 0.6) is 5.75 Å². The zero-order valence-corrected chi connectivity index (χ0v) is 55.8. The van der Waals surface area contributed by atoms with E-state index in [-0.39, 0.29) is 68.6 Å². The van der Waals surface area contributed by atoms with Crippen molar-refractivity contribution in [1.29, 1.82) is 0 Å². The molecule has 2 aromatic carbocycles. The van der Waals surface area contributed by atoms with E-state index in [9.17, 15) is 61.8 Å². The molecule has 0 spiro atoms. The lowest BCUT2D eigenvalue weighted by Crippen LogP contribution is -2.52. The first kappa shape index (κ1) is 74.2. The number of halogens is 3. The molecular weight excluding hydrogens is 1360 g/mol. The highest BCUT2D eigenvalue weighted by Gasteiger charge is 2.46. The van der Waals surface area contributed by atoms with Gasteiger partial charge in [-0.3, -0.25) is 82.3 Å². The van der Waals surface area contributed by atoms with Crippen molar-refractivity contribution in [3.63, 3.8) is 0 Å². The highest BCUT2D eigenvalue weighted by atomic mass is 127. The summed E-state index contributed by atoms with van der Waals surface area (Å²) >= 11 is 3.50. The van der Waals surface area contributed by atoms with Crippen LogP contribution in [0.4, 0.5) is 8.78 Å². The van der Waals surface area contributed by atoms with Crippen LogP contribution in [0.15, 0.2) is 54.7 Å². The second kappa shape index (κ2) is 38.4. The number of thioether (sulfide) groups is 1. The van der Waals surface area contributed by atoms with Gasteiger partial charge in [-0.25, -0.2) is 8.78 Å². The molecule has 0 saturated carbocycles. The van der Waals surface area contributed by atoms with Gasteiger partial charge < -0.3 is 45.1 Å². The van der Waals surface area contributed by atoms with Crippen LogP contribution < -0.4 is 20.7 Å². The molecule has 4 fully saturated rings. The van der Waals surface area contributed by atoms with Crippen molar-refractivity contribution in [3.05, 3.63) is 69.4 Å². The molecule has 0 aliphatic carbocycles. The normalized spacial score (nSPS) is 19.1. The van der Waals surface area contributed by atoms with E-state index in [0.717, 1.165) is 38.3 Å². The number of carboxylic acids is 1. The van der Waals surface area contributed by atoms with Crippen LogP contribution in [0, 0.1) is 15.9 Å². The lowest BCUT2D eigenvalue weighted by Gasteiger charge is -2.35. The number of carbonyl (C=O) groups is 10. The molecule has 1 aromatic heterocycles. The number of nitrogens with one attached hydrogen (secondary N) is 3. The van der Waals surface area contributed by atoms with Crippen molar-refractivity contribution < 1.29 is 76.0 Å². The molecule has 5 heterocycles. The van der Waals surface area contributed by atoms with E-state index in [1.165, 1.54) is 24.0 Å². The Hall–Kier alpha value is -7.15. The van der Waals surface area contributed by atoms with Crippen LogP contribution in [0.3, 0.4) is 0 Å². The maximum Gasteiger partial charge on any atom is 0.317 e. The summed E-state index contributed by atoms with van der Waals surface area (Å²) in [7, 11) is 0. The van der Waals surface area contributed by atoms with Gasteiger partial charge in [0.25, 0.3) is 24.8 Å². The third-order valence-electron chi connectivity index (χ3n) is 16.8. The fourth-order valence-electron chi connectivity index (χ4n) is 11.5. The number of piperazine rings is 1. The number of carboxylic acid groups (broad SMARTS) is 1. The summed E-state index contributed by atoms with van der Waals surface area (Å²) in [6, 6.07) is 13.3. The minimum absolute atomic E-state index is 0.0107. The number of imide groups is 1. The number of alkyl halides is 2. The average molecular weight is 1440 g/mol. The van der Waals surface area contributed by atoms with E-state index in [4.69, 9.17) is 20.6 Å². The van der Waals surface area contributed by atoms with Crippen LogP contribution in [0.1, 0.15) is 73.7 Å². The molecule has 30 heteroatoms. The van der Waals surface area contributed by atoms with Crippen LogP contribution in [0.25, 0.3) is 10.9 Å². The van der Waals surface area contributed by atoms with Crippen molar-refractivity contribution in [2.24, 2.45) is 0 Å². The maximum atomic E-state index is 14.1. The molecule has 7 rings (SSSR count). The third-order valence-corrected chi connectivity index (χ3v) is 18.8. The summed E-state index contributed by atoms with van der Waals surface area (Å²) in [6.07, 6.45) is 11.1. The molecule has 94 heavy (non-hydrogen) atoms. The number of carbonyl (C=O) groups excluding carboxylic acids is 9. The third kappa shape index (κ3) is 24.6. The minimum Gasteiger partial charge on any atom is -0.494 e. The smallest absolute Gasteiger partial charge is 0.317 e. The number of fused-ring (bicyclic) bond motifs is 1. The molecule has 7 amide bonds. The van der Waals surface area contributed by atoms with E-state index in [1.54, 1.807) is 28.0 Å². The van der Waals surface area contributed by atoms with Crippen molar-refractivity contribution >= 4 is 106 Å². The zero-order valence-electron chi connectivity index (χ0n) is 52.8. The number of hydrogen-bond donors (Lipinski definition) is 4. The van der Waals surface area contributed by atoms with E-state index < -0.39 is 72.4 Å². The fraction of sp³-hybridized carbons (Fsp3) is 0.578. The molecule has 3 atom stereocenters. The van der Waals surface area contributed by atoms with Crippen molar-refractivity contribution in [2.45, 2.75) is 87.5 Å². The Morgan fingerprint density at radius 3 is 2.10 bits per heavy atom. The Kier molecular flexibility index (Phi) is 30.3. The number of unbranched alkanes of at least 4 members (excludes halogenated alkanes) is 2. The van der Waals surface area contributed by atoms with Crippen molar-refractivity contribution in [2.75, 3.05) is 150 Å². The van der Waals surface area contributed by atoms with Crippen molar-refractivity contribution in [3.8, 4) is 18.1 Å². The Bertz CT molecular complexity index is 3110. The molecule has 512 valence electrons. The molecule has 4 N–H and O–H groups in total. The molecule has 3 aromatic rings. The van der Waals surface area contributed by atoms with Crippen LogP contribution in [-0.4, -0.2) is 283 Å². The molecule has 0 bridgehead atoms. The van der Waals surface area contributed by atoms with Gasteiger partial charge in [0.2, 0.25) is 35.4 Å². The zero-order chi connectivity index (χ0) is 67.4. The van der Waals surface area contributed by atoms with Gasteiger partial charge in [-0.2, -0.15) is 0 Å². The van der Waals surface area contributed by atoms with Crippen LogP contribution in [0.2, 0.25) is 0 Å². The maximum absolute atomic E-state index is 14.1. The number of aliphatic carboxylic acids is 1. The number of nitrogens with zero attached hydrogens (tertiary/aromatic N) is 9. The number of terminal acetylenes is 1. The molecule has 26 nitrogen and oxygen atoms in total. The van der Waals surface area contributed by atoms with Crippen molar-refractivity contribution in [1.82, 2.24) is 60.1 Å². The topological polar surface area (TPSA) is 294 Å². The average Bonchev–Trinajstić information content (AvgIpc) is 1.14. The lowest BCUT2D eigenvalue weighted by atomic mass is 10.1. The molecule has 4 aliphatic heterocycles. The van der Waals surface area contributed by atoms with Gasteiger partial charge in [-0.05, 0) is 116 Å². The van der Waals surface area contributed by atoms with Gasteiger partial charge in [0.1, 0.15) is 25.8 Å². The van der Waals surface area contributed by atoms with E-state index in [1.807, 2.05) is 26.8 Å². The largest absolute Gasteiger partial charge is 0.494 e. The number of pyridine rings is 1. The van der Waals surface area contributed by atoms with E-state index in [2.05, 4.69) is 66.5 Å². The number of hydrogen-bond acceptors (Lipinski definition) is 20. The summed E-state index contributed by atoms with van der Waals surface area (Å²) < 4.78 is 45.2. The van der Waals surface area contributed by atoms with Gasteiger partial charge in [-0.15, -0.1) is 18.2 Å². The summed E-state index contributed by atoms with van der Waals surface area (Å²) in [5, 5.41) is 18.1. The number of aromatic nitrogens is 1. The second-order valence-electron chi connectivity index (χ2n) is 23.7. The Morgan fingerprint density at radius 1 is 0.777 bits per heavy atom. The standard InChI is InChI=1S/C64H85F2IN12O14S/c1-2-50-36-64(65,66)42-79(50)59(85)37-70-62(89)52-17-19-68-54-16-15-51(34-53(52)54)93-33-6-5-20-72-29-31-77(32-30-72)60(86)39-78-58(84)35-55(63(78)90)94-41-49(9-3-4-18-69-56(82)10-7-8-47-11-13-48(67)14-12-47)71-57(83)38-73-21-22-74(40-61(87)88)24-26-76(44-92-46-81)28-27-75(25-23-73)43-91-45-80/h1,11-17,19,34,45-46,49-50,55H,3-10,18,20-33,35-44H2,(H,69,82)(H,70,89)(H,71,83)(H,87,88)/t49-,50-,55?/m0/s1. The van der Waals surface area contributed by atoms with E-state index >= 15 is 0 Å². The van der Waals surface area contributed by atoms with E-state index in [0.29, 0.717) is 160 Å². The highest BCUT2D eigenvalue weighted by molar-refractivity contribution is 14.1. The van der Waals surface area contributed by atoms with Crippen LogP contribution in [-0.2, 0) is 59.0 Å². The lowest BCUT2D eigenvalue weighted by molar-refractivity contribution is -0.146. The first-order valence-electron chi connectivity index (χ1n) is 31.7. The first-order chi connectivity index (χ1) is 45.3. The minimum atomic E-state index is -3.11. The number of likely N-dealkylation sites (tertiary alicyclic amines) is 2. The fourth-order valence-corrected chi connectivity index (χ4v) is 13.1. The second-order valence-corrected chi connectivity index (χ2v) is 26.1. The van der Waals surface area contributed by atoms with Gasteiger partial charge in [-0.1, -0.05) is 18.1 Å². The quantitative estimate of drug-likeness (QED) is 0.0218. The van der Waals surface area contributed by atoms with Gasteiger partial charge in [0.15, 0.2) is 0 Å². The number of amides is 7. The summed E-state index contributed by atoms with van der Waals surface area (Å²) in [6.45, 7) is 4.93. The number of benzene rings is 2. The van der Waals surface area contributed by atoms with Crippen LogP contribution >= 0.6 is 34.4 Å². The first-order valence-corrected chi connectivity index (χ1v) is 33.8. The molecule has 4 saturated heterocycles. The Morgan fingerprint density at radius 2 is 1.44 bits per heavy atom. The predicted octanol–water partition coefficient (Wildman–Crippen LogP) is 1.96. The van der Waals surface area contributed by atoms with Gasteiger partial charge >= 0.3 is 5.97 Å². The highest BCUT2D eigenvalue weighted by Crippen LogP contribution is 2.32. The van der Waals surface area contributed by atoms with Gasteiger partial charge in [0, 0.05) is 131 Å². The Balaban J connectivity index is 0.864. The van der Waals surface area contributed by atoms with Gasteiger partial charge in [0.05, 0.1) is 55.2 Å². The monoisotopic (exact) mass is 1440 g/mol. The summed E-state index contributed by atoms with van der Waals surface area (Å²) in [4.78, 5) is 146. The molecule has 0 radical (unpaired) electrons. The molecule has 1 unspecified atom stereocenters. The summed E-state index contributed by atoms with van der Waals surface area (Å²) in [5.74, 6) is -4.10. The number of rotatable bonds is 34. The molecular formula is C64H85F2IN12O14S. The molecule has 4 aliphatic rings. The SMILES string of the molecule is C#C[C@H]1CC(F)(F)CN1C(=O)CNC(=O)c1ccnc2ccc(OCCCCN3CCN(C(=O)CN4C(=O)CC(SC[C@H](CCCCNC(=O)CCCc5ccc(I)cc5)NC(=O)CN5CCN(COC=O)CCN(COC=O)CCN(CC(=O)O)CC5)C4=O)CC3)cc12. The number of ether oxygens (including phenoxy) is 3. The Labute approximate surface area is 563 Å². The summed E-state index contributed by atoms with van der Waals surface area (Å²) in [5.41, 5.74) is 1.89. The predicted molar refractivity (Wildman–Crippen MR) is 352 cm³/mol.